The normalized spacial score (nSPS) is 16.6. The van der Waals surface area contributed by atoms with E-state index in [4.69, 9.17) is 10.9 Å². The topological polar surface area (TPSA) is 74.7 Å². The molecule has 0 bridgehead atoms. The molecule has 1 aliphatic rings. The van der Waals surface area contributed by atoms with E-state index in [-0.39, 0.29) is 5.84 Å². The van der Waals surface area contributed by atoms with Crippen molar-refractivity contribution in [3.63, 3.8) is 0 Å². The molecule has 1 heterocycles. The fourth-order valence-corrected chi connectivity index (χ4v) is 1.98. The fraction of sp³-hybridized carbons (Fsp3) is 0.500. The molecule has 0 unspecified atom stereocenters. The van der Waals surface area contributed by atoms with Gasteiger partial charge in [0.05, 0.1) is 0 Å². The minimum atomic E-state index is 0.0886. The minimum Gasteiger partial charge on any atom is -0.409 e. The third kappa shape index (κ3) is 2.67. The number of nitrogens with zero attached hydrogens (tertiary/aromatic N) is 3. The Bertz CT molecular complexity index is 397. The molecule has 0 radical (unpaired) electrons. The number of oxime groups is 1. The molecule has 0 saturated heterocycles. The largest absolute Gasteiger partial charge is 0.409 e. The molecule has 2 rings (SSSR count). The zero-order valence-electron chi connectivity index (χ0n) is 10.0. The Morgan fingerprint density at radius 2 is 2.35 bits per heavy atom. The molecule has 5 nitrogen and oxygen atoms in total. The van der Waals surface area contributed by atoms with E-state index in [1.807, 2.05) is 19.2 Å². The third-order valence-corrected chi connectivity index (χ3v) is 3.30. The first-order valence-electron chi connectivity index (χ1n) is 5.86. The Labute approximate surface area is 101 Å². The summed E-state index contributed by atoms with van der Waals surface area (Å²) in [6.07, 6.45) is 5.63. The van der Waals surface area contributed by atoms with Gasteiger partial charge in [-0.25, -0.2) is 4.98 Å². The maximum atomic E-state index is 8.55. The van der Waals surface area contributed by atoms with Gasteiger partial charge in [-0.2, -0.15) is 0 Å². The third-order valence-electron chi connectivity index (χ3n) is 3.30. The van der Waals surface area contributed by atoms with Gasteiger partial charge in [-0.05, 0) is 30.9 Å². The monoisotopic (exact) mass is 234 g/mol. The number of hydrogen-bond acceptors (Lipinski definition) is 4. The number of nitrogens with two attached hydrogens (primary N) is 1. The van der Waals surface area contributed by atoms with Crippen LogP contribution in [0.25, 0.3) is 0 Å². The van der Waals surface area contributed by atoms with Gasteiger partial charge in [0.25, 0.3) is 0 Å². The van der Waals surface area contributed by atoms with E-state index in [9.17, 15) is 0 Å². The Morgan fingerprint density at radius 3 is 2.82 bits per heavy atom. The minimum absolute atomic E-state index is 0.0886. The van der Waals surface area contributed by atoms with Gasteiger partial charge in [-0.15, -0.1) is 0 Å². The molecule has 1 aromatic heterocycles. The molecule has 5 heteroatoms. The van der Waals surface area contributed by atoms with Crippen molar-refractivity contribution in [2.45, 2.75) is 19.3 Å². The molecule has 0 spiro atoms. The van der Waals surface area contributed by atoms with Crippen LogP contribution < -0.4 is 10.6 Å². The lowest BCUT2D eigenvalue weighted by molar-refractivity contribution is 0.318. The van der Waals surface area contributed by atoms with Crippen molar-refractivity contribution in [2.75, 3.05) is 18.5 Å². The highest BCUT2D eigenvalue weighted by atomic mass is 16.4. The van der Waals surface area contributed by atoms with Crippen molar-refractivity contribution >= 4 is 11.7 Å². The number of amidine groups is 1. The summed E-state index contributed by atoms with van der Waals surface area (Å²) >= 11 is 0. The van der Waals surface area contributed by atoms with Gasteiger partial charge < -0.3 is 15.8 Å². The second-order valence-corrected chi connectivity index (χ2v) is 4.57. The average molecular weight is 234 g/mol. The first-order valence-corrected chi connectivity index (χ1v) is 5.86. The van der Waals surface area contributed by atoms with Gasteiger partial charge >= 0.3 is 0 Å². The van der Waals surface area contributed by atoms with E-state index in [0.29, 0.717) is 5.56 Å². The number of anilines is 1. The summed E-state index contributed by atoms with van der Waals surface area (Å²) in [6.45, 7) is 1.05. The number of hydrogen-bond donors (Lipinski definition) is 2. The van der Waals surface area contributed by atoms with Crippen molar-refractivity contribution in [1.82, 2.24) is 4.98 Å². The lowest BCUT2D eigenvalue weighted by atomic mass is 9.85. The molecule has 1 fully saturated rings. The molecular weight excluding hydrogens is 216 g/mol. The molecule has 17 heavy (non-hydrogen) atoms. The SMILES string of the molecule is CN(CC1CCC1)c1ccc(C(N)=NO)cn1. The van der Waals surface area contributed by atoms with Crippen molar-refractivity contribution in [1.29, 1.82) is 0 Å². The van der Waals surface area contributed by atoms with E-state index in [2.05, 4.69) is 15.0 Å². The summed E-state index contributed by atoms with van der Waals surface area (Å²) < 4.78 is 0. The van der Waals surface area contributed by atoms with E-state index in [0.717, 1.165) is 18.3 Å². The molecule has 0 atom stereocenters. The predicted molar refractivity (Wildman–Crippen MR) is 67.4 cm³/mol. The summed E-state index contributed by atoms with van der Waals surface area (Å²) in [4.78, 5) is 6.47. The highest BCUT2D eigenvalue weighted by Crippen LogP contribution is 2.27. The first-order chi connectivity index (χ1) is 8.20. The van der Waals surface area contributed by atoms with Crippen LogP contribution in [-0.2, 0) is 0 Å². The van der Waals surface area contributed by atoms with Gasteiger partial charge in [0.2, 0.25) is 0 Å². The van der Waals surface area contributed by atoms with Crippen molar-refractivity contribution < 1.29 is 5.21 Å². The predicted octanol–water partition coefficient (Wildman–Crippen LogP) is 1.41. The van der Waals surface area contributed by atoms with Crippen LogP contribution in [0.1, 0.15) is 24.8 Å². The first kappa shape index (κ1) is 11.7. The summed E-state index contributed by atoms with van der Waals surface area (Å²) in [5, 5.41) is 11.5. The van der Waals surface area contributed by atoms with Crippen molar-refractivity contribution in [3.05, 3.63) is 23.9 Å². The Morgan fingerprint density at radius 1 is 1.59 bits per heavy atom. The van der Waals surface area contributed by atoms with Crippen LogP contribution in [0.4, 0.5) is 5.82 Å². The molecular formula is C12H18N4O. The molecule has 1 saturated carbocycles. The van der Waals surface area contributed by atoms with Gasteiger partial charge in [0.15, 0.2) is 5.84 Å². The maximum absolute atomic E-state index is 8.55. The Hall–Kier alpha value is -1.78. The fourth-order valence-electron chi connectivity index (χ4n) is 1.98. The van der Waals surface area contributed by atoms with Crippen LogP contribution in [0.5, 0.6) is 0 Å². The van der Waals surface area contributed by atoms with E-state index in [1.54, 1.807) is 6.20 Å². The molecule has 1 aromatic rings. The molecule has 92 valence electrons. The molecule has 0 aromatic carbocycles. The van der Waals surface area contributed by atoms with Crippen LogP contribution >= 0.6 is 0 Å². The van der Waals surface area contributed by atoms with Gasteiger partial charge in [-0.3, -0.25) is 0 Å². The Balaban J connectivity index is 2.01. The lowest BCUT2D eigenvalue weighted by Crippen LogP contribution is -2.29. The van der Waals surface area contributed by atoms with Gasteiger partial charge in [-0.1, -0.05) is 11.6 Å². The standard InChI is InChI=1S/C12H18N4O/c1-16(8-9-3-2-4-9)11-6-5-10(7-14-11)12(13)15-17/h5-7,9,17H,2-4,8H2,1H3,(H2,13,15). The smallest absolute Gasteiger partial charge is 0.171 e. The zero-order chi connectivity index (χ0) is 12.3. The van der Waals surface area contributed by atoms with Crippen LogP contribution in [-0.4, -0.2) is 29.6 Å². The number of pyridine rings is 1. The van der Waals surface area contributed by atoms with Gasteiger partial charge in [0, 0.05) is 25.4 Å². The van der Waals surface area contributed by atoms with Crippen LogP contribution in [0.2, 0.25) is 0 Å². The van der Waals surface area contributed by atoms with Crippen LogP contribution in [0, 0.1) is 5.92 Å². The summed E-state index contributed by atoms with van der Waals surface area (Å²) in [6, 6.07) is 3.71. The van der Waals surface area contributed by atoms with Crippen LogP contribution in [0.15, 0.2) is 23.5 Å². The highest BCUT2D eigenvalue weighted by Gasteiger charge is 2.19. The van der Waals surface area contributed by atoms with Crippen molar-refractivity contribution in [2.24, 2.45) is 16.8 Å². The average Bonchev–Trinajstić information content (AvgIpc) is 2.32. The van der Waals surface area contributed by atoms with Crippen LogP contribution in [0.3, 0.4) is 0 Å². The summed E-state index contributed by atoms with van der Waals surface area (Å²) in [5.74, 6) is 1.82. The lowest BCUT2D eigenvalue weighted by Gasteiger charge is -2.30. The molecule has 1 aliphatic carbocycles. The van der Waals surface area contributed by atoms with E-state index in [1.165, 1.54) is 19.3 Å². The summed E-state index contributed by atoms with van der Waals surface area (Å²) in [7, 11) is 2.05. The second-order valence-electron chi connectivity index (χ2n) is 4.57. The van der Waals surface area contributed by atoms with E-state index >= 15 is 0 Å². The summed E-state index contributed by atoms with van der Waals surface area (Å²) in [5.41, 5.74) is 6.11. The Kier molecular flexibility index (Phi) is 3.46. The molecule has 0 aliphatic heterocycles. The second kappa shape index (κ2) is 5.03. The number of aromatic nitrogens is 1. The number of rotatable bonds is 4. The van der Waals surface area contributed by atoms with Crippen molar-refractivity contribution in [3.8, 4) is 0 Å². The zero-order valence-corrected chi connectivity index (χ0v) is 10.0. The van der Waals surface area contributed by atoms with Gasteiger partial charge in [0.1, 0.15) is 5.82 Å². The maximum Gasteiger partial charge on any atom is 0.171 e. The molecule has 0 amide bonds. The van der Waals surface area contributed by atoms with E-state index < -0.39 is 0 Å². The quantitative estimate of drug-likeness (QED) is 0.357. The molecule has 3 N–H and O–H groups in total. The highest BCUT2D eigenvalue weighted by molar-refractivity contribution is 5.96.